The highest BCUT2D eigenvalue weighted by Gasteiger charge is 2.44. The SMILES string of the molecule is COc1ccc(-c2ccc3ncc4c(c3c2)n(-c2ccc(N3CCN(c5ncc(CN)cn5)CC3)c(C(F)(F)F)c2)c(=O)n4C)cn1.O=S(=O)(O)C(F)(F)F. The number of fused-ring (bicyclic) bond motifs is 3. The van der Waals surface area contributed by atoms with Crippen LogP contribution in [0.25, 0.3) is 38.8 Å². The number of nitrogens with zero attached hydrogens (tertiary/aromatic N) is 8. The molecule has 0 aliphatic carbocycles. The zero-order chi connectivity index (χ0) is 39.9. The molecule has 4 aromatic heterocycles. The third-order valence-electron chi connectivity index (χ3n) is 8.83. The van der Waals surface area contributed by atoms with Gasteiger partial charge in [-0.1, -0.05) is 6.07 Å². The molecule has 7 rings (SSSR count). The average molecular weight is 792 g/mol. The van der Waals surface area contributed by atoms with Crippen LogP contribution in [-0.2, 0) is 29.9 Å². The molecule has 0 saturated carbocycles. The lowest BCUT2D eigenvalue weighted by molar-refractivity contribution is -0.137. The number of imidazole rings is 1. The van der Waals surface area contributed by atoms with Crippen LogP contribution in [0.2, 0.25) is 0 Å². The molecule has 1 aliphatic rings. The molecule has 290 valence electrons. The number of ether oxygens (including phenoxy) is 1. The van der Waals surface area contributed by atoms with Crippen molar-refractivity contribution in [2.45, 2.75) is 18.2 Å². The Kier molecular flexibility index (Phi) is 10.5. The summed E-state index contributed by atoms with van der Waals surface area (Å²) in [5.74, 6) is 0.977. The van der Waals surface area contributed by atoms with E-state index in [2.05, 4.69) is 19.9 Å². The predicted octanol–water partition coefficient (Wildman–Crippen LogP) is 4.94. The third-order valence-corrected chi connectivity index (χ3v) is 9.41. The van der Waals surface area contributed by atoms with Crippen LogP contribution >= 0.6 is 0 Å². The van der Waals surface area contributed by atoms with Crippen LogP contribution in [0, 0.1) is 0 Å². The molecule has 21 heteroatoms. The van der Waals surface area contributed by atoms with E-state index in [-0.39, 0.29) is 11.4 Å². The number of halogens is 6. The van der Waals surface area contributed by atoms with Gasteiger partial charge in [0.25, 0.3) is 0 Å². The normalized spacial score (nSPS) is 13.9. The predicted molar refractivity (Wildman–Crippen MR) is 191 cm³/mol. The number of pyridine rings is 2. The van der Waals surface area contributed by atoms with Gasteiger partial charge in [-0.2, -0.15) is 34.8 Å². The number of anilines is 2. The summed E-state index contributed by atoms with van der Waals surface area (Å²) >= 11 is 0. The molecule has 5 heterocycles. The average Bonchev–Trinajstić information content (AvgIpc) is 3.42. The van der Waals surface area contributed by atoms with Gasteiger partial charge in [-0.05, 0) is 42.0 Å². The first-order chi connectivity index (χ1) is 25.9. The Morgan fingerprint density at radius 3 is 2.04 bits per heavy atom. The number of alkyl halides is 6. The number of hydrogen-bond acceptors (Lipinski definition) is 11. The Labute approximate surface area is 308 Å². The fourth-order valence-electron chi connectivity index (χ4n) is 6.02. The van der Waals surface area contributed by atoms with Gasteiger partial charge >= 0.3 is 27.5 Å². The monoisotopic (exact) mass is 791 g/mol. The zero-order valence-electron chi connectivity index (χ0n) is 28.9. The Bertz CT molecular complexity index is 2520. The summed E-state index contributed by atoms with van der Waals surface area (Å²) in [4.78, 5) is 34.8. The van der Waals surface area contributed by atoms with Crippen LogP contribution in [0.15, 0.2) is 78.1 Å². The van der Waals surface area contributed by atoms with Gasteiger partial charge in [0, 0.05) is 86.6 Å². The van der Waals surface area contributed by atoms with Gasteiger partial charge in [-0.25, -0.2) is 19.7 Å². The van der Waals surface area contributed by atoms with E-state index in [1.54, 1.807) is 48.9 Å². The summed E-state index contributed by atoms with van der Waals surface area (Å²) in [5.41, 5.74) is 2.89. The fraction of sp³-hybridized carbons (Fsp3) is 0.265. The molecule has 0 spiro atoms. The van der Waals surface area contributed by atoms with Crippen molar-refractivity contribution in [2.75, 3.05) is 43.1 Å². The van der Waals surface area contributed by atoms with E-state index in [1.165, 1.54) is 22.3 Å². The van der Waals surface area contributed by atoms with E-state index in [4.69, 9.17) is 23.4 Å². The van der Waals surface area contributed by atoms with Crippen LogP contribution in [0.3, 0.4) is 0 Å². The lowest BCUT2D eigenvalue weighted by Crippen LogP contribution is -2.47. The van der Waals surface area contributed by atoms with E-state index in [1.807, 2.05) is 29.2 Å². The highest BCUT2D eigenvalue weighted by atomic mass is 32.2. The maximum atomic E-state index is 14.7. The van der Waals surface area contributed by atoms with Gasteiger partial charge in [0.15, 0.2) is 0 Å². The molecular weight excluding hydrogens is 760 g/mol. The Morgan fingerprint density at radius 2 is 1.47 bits per heavy atom. The summed E-state index contributed by atoms with van der Waals surface area (Å²) in [7, 11) is -2.73. The summed E-state index contributed by atoms with van der Waals surface area (Å²) in [6, 6.07) is 13.2. The van der Waals surface area contributed by atoms with Crippen molar-refractivity contribution in [3.05, 3.63) is 94.9 Å². The Balaban J connectivity index is 0.000000581. The Hall–Kier alpha value is -5.80. The molecule has 55 heavy (non-hydrogen) atoms. The second-order valence-corrected chi connectivity index (χ2v) is 13.6. The summed E-state index contributed by atoms with van der Waals surface area (Å²) in [6.45, 7) is 1.87. The number of aryl methyl sites for hydroxylation is 1. The lowest BCUT2D eigenvalue weighted by Gasteiger charge is -2.37. The number of hydrogen-bond donors (Lipinski definition) is 2. The van der Waals surface area contributed by atoms with Crippen molar-refractivity contribution in [2.24, 2.45) is 12.8 Å². The number of benzene rings is 2. The number of rotatable bonds is 6. The molecule has 1 saturated heterocycles. The van der Waals surface area contributed by atoms with Crippen LogP contribution in [0.1, 0.15) is 11.1 Å². The minimum absolute atomic E-state index is 0.0504. The Morgan fingerprint density at radius 1 is 0.836 bits per heavy atom. The highest BCUT2D eigenvalue weighted by Crippen LogP contribution is 2.39. The molecule has 0 amide bonds. The summed E-state index contributed by atoms with van der Waals surface area (Å²) in [5, 5.41) is 0.615. The second-order valence-electron chi connectivity index (χ2n) is 12.2. The minimum atomic E-state index is -5.84. The van der Waals surface area contributed by atoms with Gasteiger partial charge in [0.05, 0.1) is 41.1 Å². The number of methoxy groups -OCH3 is 1. The van der Waals surface area contributed by atoms with E-state index >= 15 is 0 Å². The summed E-state index contributed by atoms with van der Waals surface area (Å²) < 4.78 is 110. The van der Waals surface area contributed by atoms with Crippen molar-refractivity contribution < 1.29 is 44.0 Å². The molecule has 3 N–H and O–H groups in total. The molecular formula is C34H31F6N9O5S. The van der Waals surface area contributed by atoms with Crippen molar-refractivity contribution >= 4 is 43.7 Å². The largest absolute Gasteiger partial charge is 0.522 e. The van der Waals surface area contributed by atoms with Crippen molar-refractivity contribution in [3.63, 3.8) is 0 Å². The first-order valence-corrected chi connectivity index (χ1v) is 17.6. The number of nitrogens with two attached hydrogens (primary N) is 1. The lowest BCUT2D eigenvalue weighted by atomic mass is 10.0. The van der Waals surface area contributed by atoms with E-state index < -0.39 is 33.1 Å². The fourth-order valence-corrected chi connectivity index (χ4v) is 6.02. The first kappa shape index (κ1) is 38.9. The topological polar surface area (TPSA) is 175 Å². The maximum absolute atomic E-state index is 14.7. The van der Waals surface area contributed by atoms with Crippen LogP contribution in [0.5, 0.6) is 5.88 Å². The van der Waals surface area contributed by atoms with Crippen LogP contribution < -0.4 is 26.0 Å². The third kappa shape index (κ3) is 7.89. The van der Waals surface area contributed by atoms with E-state index in [0.29, 0.717) is 66.5 Å². The van der Waals surface area contributed by atoms with Crippen LogP contribution in [-0.4, -0.2) is 80.8 Å². The number of piperazine rings is 1. The van der Waals surface area contributed by atoms with Gasteiger partial charge in [-0.3, -0.25) is 18.7 Å². The standard InChI is InChI=1S/C33H30F3N9O2.CHF3O3S/c1-42-28-19-38-26-6-3-21(22-4-8-29(47-2)39-18-22)13-24(26)30(28)45(32(42)46)23-5-7-27(25(14-23)33(34,35)36)43-9-11-44(12-10-43)31-40-16-20(15-37)17-41-31;2-1(3,4)8(5,6)7/h3-8,13-14,16-19H,9-12,15,37H2,1-2H3;(H,5,6,7). The zero-order valence-corrected chi connectivity index (χ0v) is 29.7. The number of aromatic nitrogens is 6. The van der Waals surface area contributed by atoms with Gasteiger partial charge in [-0.15, -0.1) is 0 Å². The van der Waals surface area contributed by atoms with Crippen molar-refractivity contribution in [1.29, 1.82) is 0 Å². The molecule has 0 radical (unpaired) electrons. The molecule has 0 atom stereocenters. The second kappa shape index (κ2) is 14.8. The quantitative estimate of drug-likeness (QED) is 0.132. The van der Waals surface area contributed by atoms with Crippen molar-refractivity contribution in [1.82, 2.24) is 29.1 Å². The molecule has 1 aliphatic heterocycles. The highest BCUT2D eigenvalue weighted by molar-refractivity contribution is 7.86. The van der Waals surface area contributed by atoms with Gasteiger partial charge < -0.3 is 20.3 Å². The molecule has 0 bridgehead atoms. The molecule has 14 nitrogen and oxygen atoms in total. The smallest absolute Gasteiger partial charge is 0.481 e. The minimum Gasteiger partial charge on any atom is -0.481 e. The van der Waals surface area contributed by atoms with Crippen LogP contribution in [0.4, 0.5) is 38.0 Å². The van der Waals surface area contributed by atoms with E-state index in [9.17, 15) is 31.1 Å². The molecule has 0 unspecified atom stereocenters. The maximum Gasteiger partial charge on any atom is 0.522 e. The van der Waals surface area contributed by atoms with E-state index in [0.717, 1.165) is 22.8 Å². The van der Waals surface area contributed by atoms with Gasteiger partial charge in [0.1, 0.15) is 0 Å². The van der Waals surface area contributed by atoms with Crippen molar-refractivity contribution in [3.8, 4) is 22.7 Å². The van der Waals surface area contributed by atoms with Gasteiger partial charge in [0.2, 0.25) is 11.8 Å². The molecule has 2 aromatic carbocycles. The molecule has 1 fully saturated rings. The molecule has 6 aromatic rings. The first-order valence-electron chi connectivity index (χ1n) is 16.2. The summed E-state index contributed by atoms with van der Waals surface area (Å²) in [6.07, 6.45) is 1.87.